The number of ether oxygens (including phenoxy) is 2. The molecule has 1 aromatic carbocycles. The number of aliphatic hydroxyl groups is 2. The number of aliphatic hydroxyl groups excluding tert-OH is 2. The number of methoxy groups -OCH3 is 2. The summed E-state index contributed by atoms with van der Waals surface area (Å²) in [5.41, 5.74) is 2.11. The first-order valence-electron chi connectivity index (χ1n) is 13.8. The van der Waals surface area contributed by atoms with E-state index in [1.807, 2.05) is 6.07 Å². The van der Waals surface area contributed by atoms with E-state index in [9.17, 15) is 5.11 Å². The number of benzene rings is 1. The molecule has 0 bridgehead atoms. The van der Waals surface area contributed by atoms with Crippen molar-refractivity contribution in [1.82, 2.24) is 0 Å². The number of rotatable bonds is 22. The smallest absolute Gasteiger partial charge is 0.203 e. The Hall–Kier alpha value is -1.46. The van der Waals surface area contributed by atoms with Gasteiger partial charge in [0.25, 0.3) is 0 Å². The SMILES string of the molecule is COc1cc(C)c(C(CCCCCCCCCO)CCCCCCCCCCO)c(O)c1OC. The first-order valence-corrected chi connectivity index (χ1v) is 13.8. The van der Waals surface area contributed by atoms with Crippen molar-refractivity contribution in [2.24, 2.45) is 0 Å². The molecule has 1 atom stereocenters. The van der Waals surface area contributed by atoms with Crippen LogP contribution in [-0.2, 0) is 0 Å². The molecule has 1 aromatic rings. The largest absolute Gasteiger partial charge is 0.504 e. The van der Waals surface area contributed by atoms with Gasteiger partial charge in [0.05, 0.1) is 14.2 Å². The van der Waals surface area contributed by atoms with Crippen molar-refractivity contribution in [2.75, 3.05) is 27.4 Å². The third-order valence-electron chi connectivity index (χ3n) is 6.97. The van der Waals surface area contributed by atoms with E-state index in [1.54, 1.807) is 14.2 Å². The number of phenols is 1. The van der Waals surface area contributed by atoms with Gasteiger partial charge < -0.3 is 24.8 Å². The summed E-state index contributed by atoms with van der Waals surface area (Å²) < 4.78 is 10.9. The van der Waals surface area contributed by atoms with Crippen LogP contribution in [0.5, 0.6) is 17.2 Å². The van der Waals surface area contributed by atoms with Crippen molar-refractivity contribution < 1.29 is 24.8 Å². The number of aromatic hydroxyl groups is 1. The summed E-state index contributed by atoms with van der Waals surface area (Å²) in [6.45, 7) is 2.69. The van der Waals surface area contributed by atoms with E-state index in [0.29, 0.717) is 30.6 Å². The second kappa shape index (κ2) is 19.8. The summed E-state index contributed by atoms with van der Waals surface area (Å²) in [6.07, 6.45) is 19.8. The van der Waals surface area contributed by atoms with Crippen LogP contribution in [0.2, 0.25) is 0 Å². The number of hydrogen-bond acceptors (Lipinski definition) is 5. The van der Waals surface area contributed by atoms with E-state index >= 15 is 0 Å². The van der Waals surface area contributed by atoms with Crippen LogP contribution in [0.4, 0.5) is 0 Å². The van der Waals surface area contributed by atoms with E-state index in [0.717, 1.165) is 49.7 Å². The van der Waals surface area contributed by atoms with Gasteiger partial charge in [-0.15, -0.1) is 0 Å². The minimum atomic E-state index is 0.247. The van der Waals surface area contributed by atoms with Gasteiger partial charge in [-0.3, -0.25) is 0 Å². The molecule has 0 aliphatic carbocycles. The van der Waals surface area contributed by atoms with Crippen molar-refractivity contribution in [2.45, 2.75) is 122 Å². The molecular weight excluding hydrogens is 428 g/mol. The van der Waals surface area contributed by atoms with Gasteiger partial charge in [-0.25, -0.2) is 0 Å². The zero-order chi connectivity index (χ0) is 25.0. The fourth-order valence-corrected chi connectivity index (χ4v) is 5.01. The molecule has 0 aliphatic rings. The molecule has 0 amide bonds. The van der Waals surface area contributed by atoms with Crippen molar-refractivity contribution in [3.05, 3.63) is 17.2 Å². The summed E-state index contributed by atoms with van der Waals surface area (Å²) in [5, 5.41) is 28.9. The predicted octanol–water partition coefficient (Wildman–Crippen LogP) is 7.42. The van der Waals surface area contributed by atoms with Crippen LogP contribution in [0.1, 0.15) is 126 Å². The maximum Gasteiger partial charge on any atom is 0.203 e. The fraction of sp³-hybridized carbons (Fsp3) is 0.793. The summed E-state index contributed by atoms with van der Waals surface area (Å²) in [7, 11) is 3.20. The van der Waals surface area contributed by atoms with Crippen LogP contribution >= 0.6 is 0 Å². The van der Waals surface area contributed by atoms with E-state index in [2.05, 4.69) is 6.92 Å². The van der Waals surface area contributed by atoms with Crippen LogP contribution in [0.25, 0.3) is 0 Å². The number of unbranched alkanes of at least 4 members (excludes halogenated alkanes) is 13. The fourth-order valence-electron chi connectivity index (χ4n) is 5.01. The maximum absolute atomic E-state index is 11.1. The van der Waals surface area contributed by atoms with E-state index < -0.39 is 0 Å². The number of phenolic OH excluding ortho intramolecular Hbond substituents is 1. The van der Waals surface area contributed by atoms with Gasteiger partial charge in [0.1, 0.15) is 0 Å². The highest BCUT2D eigenvalue weighted by Gasteiger charge is 2.23. The average molecular weight is 481 g/mol. The lowest BCUT2D eigenvalue weighted by Crippen LogP contribution is -2.05. The zero-order valence-corrected chi connectivity index (χ0v) is 22.2. The van der Waals surface area contributed by atoms with Crippen LogP contribution in [0, 0.1) is 6.92 Å². The van der Waals surface area contributed by atoms with Crippen molar-refractivity contribution >= 4 is 0 Å². The summed E-state index contributed by atoms with van der Waals surface area (Å²) in [6, 6.07) is 1.99. The lowest BCUT2D eigenvalue weighted by Gasteiger charge is -2.23. The standard InChI is InChI=1S/C29H52O5/c1-24-23-26(33-2)29(34-3)28(32)27(24)25(20-16-12-8-6-10-14-18-22-31)19-15-11-7-4-5-9-13-17-21-30/h23,25,30-32H,4-22H2,1-3H3. The van der Waals surface area contributed by atoms with Crippen molar-refractivity contribution in [3.8, 4) is 17.2 Å². The molecule has 3 N–H and O–H groups in total. The van der Waals surface area contributed by atoms with Crippen molar-refractivity contribution in [1.29, 1.82) is 0 Å². The molecule has 1 unspecified atom stereocenters. The molecule has 0 spiro atoms. The van der Waals surface area contributed by atoms with Crippen LogP contribution in [-0.4, -0.2) is 42.8 Å². The second-order valence-electron chi connectivity index (χ2n) is 9.72. The van der Waals surface area contributed by atoms with Crippen LogP contribution in [0.3, 0.4) is 0 Å². The Kier molecular flexibility index (Phi) is 17.8. The van der Waals surface area contributed by atoms with Crippen LogP contribution < -0.4 is 9.47 Å². The Morgan fingerprint density at radius 1 is 0.647 bits per heavy atom. The van der Waals surface area contributed by atoms with Crippen molar-refractivity contribution in [3.63, 3.8) is 0 Å². The molecule has 5 nitrogen and oxygen atoms in total. The lowest BCUT2D eigenvalue weighted by molar-refractivity contribution is 0.282. The Balaban J connectivity index is 2.64. The third-order valence-corrected chi connectivity index (χ3v) is 6.97. The quantitative estimate of drug-likeness (QED) is 0.150. The Bertz CT molecular complexity index is 631. The van der Waals surface area contributed by atoms with Gasteiger partial charge in [-0.1, -0.05) is 83.5 Å². The monoisotopic (exact) mass is 480 g/mol. The second-order valence-corrected chi connectivity index (χ2v) is 9.72. The minimum Gasteiger partial charge on any atom is -0.504 e. The summed E-state index contributed by atoms with van der Waals surface area (Å²) >= 11 is 0. The molecular formula is C29H52O5. The predicted molar refractivity (Wildman–Crippen MR) is 141 cm³/mol. The molecule has 0 fully saturated rings. The molecule has 198 valence electrons. The molecule has 0 aliphatic heterocycles. The maximum atomic E-state index is 11.1. The number of hydrogen-bond donors (Lipinski definition) is 3. The highest BCUT2D eigenvalue weighted by atomic mass is 16.5. The molecule has 34 heavy (non-hydrogen) atoms. The van der Waals surface area contributed by atoms with E-state index in [1.165, 1.54) is 70.6 Å². The Labute approximate surface area is 208 Å². The first kappa shape index (κ1) is 30.6. The van der Waals surface area contributed by atoms with Gasteiger partial charge in [-0.05, 0) is 50.2 Å². The minimum absolute atomic E-state index is 0.247. The van der Waals surface area contributed by atoms with Gasteiger partial charge in [-0.2, -0.15) is 0 Å². The van der Waals surface area contributed by atoms with E-state index in [4.69, 9.17) is 19.7 Å². The lowest BCUT2D eigenvalue weighted by atomic mass is 9.84. The normalized spacial score (nSPS) is 12.1. The van der Waals surface area contributed by atoms with Crippen LogP contribution in [0.15, 0.2) is 6.07 Å². The summed E-state index contributed by atoms with van der Waals surface area (Å²) in [5.74, 6) is 1.61. The highest BCUT2D eigenvalue weighted by molar-refractivity contribution is 5.59. The molecule has 0 radical (unpaired) electrons. The summed E-state index contributed by atoms with van der Waals surface area (Å²) in [4.78, 5) is 0. The molecule has 1 rings (SSSR count). The first-order chi connectivity index (χ1) is 16.6. The van der Waals surface area contributed by atoms with Gasteiger partial charge >= 0.3 is 0 Å². The molecule has 0 saturated carbocycles. The molecule has 0 heterocycles. The molecule has 0 saturated heterocycles. The molecule has 5 heteroatoms. The third kappa shape index (κ3) is 11.8. The van der Waals surface area contributed by atoms with Gasteiger partial charge in [0.15, 0.2) is 11.5 Å². The highest BCUT2D eigenvalue weighted by Crippen LogP contribution is 2.46. The average Bonchev–Trinajstić information content (AvgIpc) is 2.83. The van der Waals surface area contributed by atoms with Gasteiger partial charge in [0.2, 0.25) is 5.75 Å². The van der Waals surface area contributed by atoms with Gasteiger partial charge in [0, 0.05) is 18.8 Å². The van der Waals surface area contributed by atoms with E-state index in [-0.39, 0.29) is 5.75 Å². The zero-order valence-electron chi connectivity index (χ0n) is 22.2. The Morgan fingerprint density at radius 2 is 1.06 bits per heavy atom. The molecule has 0 aromatic heterocycles. The topological polar surface area (TPSA) is 79.2 Å². The Morgan fingerprint density at radius 3 is 1.44 bits per heavy atom. The number of aryl methyl sites for hydroxylation is 1.